The van der Waals surface area contributed by atoms with Gasteiger partial charge in [-0.05, 0) is 144 Å². The summed E-state index contributed by atoms with van der Waals surface area (Å²) in [6, 6.07) is 35.6. The van der Waals surface area contributed by atoms with Crippen molar-refractivity contribution in [2.45, 2.75) is 82.5 Å². The van der Waals surface area contributed by atoms with E-state index in [1.54, 1.807) is 11.1 Å². The molecule has 1 heteroatoms. The van der Waals surface area contributed by atoms with Crippen molar-refractivity contribution in [1.29, 1.82) is 0 Å². The molecule has 5 aliphatic carbocycles. The lowest BCUT2D eigenvalue weighted by atomic mass is 9.82. The maximum absolute atomic E-state index is 2.50. The van der Waals surface area contributed by atoms with Crippen molar-refractivity contribution in [3.05, 3.63) is 113 Å². The Morgan fingerprint density at radius 1 is 0.524 bits per heavy atom. The molecule has 0 heterocycles. The first-order chi connectivity index (χ1) is 20.5. The van der Waals surface area contributed by atoms with Crippen LogP contribution in [0.25, 0.3) is 11.1 Å². The summed E-state index contributed by atoms with van der Waals surface area (Å²) >= 11 is 0. The number of nitrogens with zero attached hydrogens (tertiary/aromatic N) is 1. The highest BCUT2D eigenvalue weighted by atomic mass is 15.1. The van der Waals surface area contributed by atoms with Crippen LogP contribution in [0.15, 0.2) is 91.0 Å². The predicted molar refractivity (Wildman–Crippen MR) is 175 cm³/mol. The lowest BCUT2D eigenvalue weighted by Gasteiger charge is -2.29. The minimum Gasteiger partial charge on any atom is -0.310 e. The van der Waals surface area contributed by atoms with Gasteiger partial charge in [0.1, 0.15) is 0 Å². The highest BCUT2D eigenvalue weighted by Crippen LogP contribution is 2.55. The topological polar surface area (TPSA) is 3.24 Å². The van der Waals surface area contributed by atoms with E-state index in [9.17, 15) is 0 Å². The fourth-order valence-electron chi connectivity index (χ4n) is 10.3. The van der Waals surface area contributed by atoms with Gasteiger partial charge in [-0.3, -0.25) is 0 Å². The van der Waals surface area contributed by atoms with Gasteiger partial charge >= 0.3 is 0 Å². The quantitative estimate of drug-likeness (QED) is 0.239. The number of fused-ring (bicyclic) bond motifs is 7. The van der Waals surface area contributed by atoms with Gasteiger partial charge in [-0.2, -0.15) is 0 Å². The van der Waals surface area contributed by atoms with Crippen molar-refractivity contribution in [3.8, 4) is 11.1 Å². The van der Waals surface area contributed by atoms with Crippen LogP contribution in [0.5, 0.6) is 0 Å². The lowest BCUT2D eigenvalue weighted by molar-refractivity contribution is 0.420. The molecule has 0 aromatic heterocycles. The fraction of sp³-hybridized carbons (Fsp3) is 0.415. The molecular weight excluding hydrogens is 506 g/mol. The van der Waals surface area contributed by atoms with E-state index >= 15 is 0 Å². The number of hydrogen-bond donors (Lipinski definition) is 0. The second-order valence-corrected chi connectivity index (χ2v) is 15.0. The third-order valence-electron chi connectivity index (χ3n) is 12.5. The van der Waals surface area contributed by atoms with Gasteiger partial charge in [-0.15, -0.1) is 0 Å². The molecule has 0 N–H and O–H groups in total. The molecule has 4 aromatic carbocycles. The standard InChI is InChI=1S/C41H43N/c1-41(2)39-6-4-3-5-35(39)38-25-34(19-20-40(38)41)42(32-15-11-28(12-16-32)36-23-26-7-9-30(36)21-26)33-17-13-29(14-18-33)37-24-27-8-10-31(37)22-27/h3-6,11-20,25-27,30-31,36-37H,7-10,21-24H2,1-2H3. The summed E-state index contributed by atoms with van der Waals surface area (Å²) in [5.74, 6) is 5.31. The summed E-state index contributed by atoms with van der Waals surface area (Å²) in [5.41, 5.74) is 12.6. The maximum atomic E-state index is 2.50. The van der Waals surface area contributed by atoms with Crippen molar-refractivity contribution < 1.29 is 0 Å². The molecule has 0 aliphatic heterocycles. The van der Waals surface area contributed by atoms with E-state index in [4.69, 9.17) is 0 Å². The van der Waals surface area contributed by atoms with Crippen molar-refractivity contribution in [2.75, 3.05) is 4.90 Å². The van der Waals surface area contributed by atoms with Gasteiger partial charge in [-0.1, -0.05) is 81.3 Å². The third-order valence-corrected chi connectivity index (χ3v) is 12.5. The molecule has 6 unspecified atom stereocenters. The average Bonchev–Trinajstić information content (AvgIpc) is 3.87. The summed E-state index contributed by atoms with van der Waals surface area (Å²) in [4.78, 5) is 2.50. The Morgan fingerprint density at radius 3 is 1.57 bits per heavy atom. The van der Waals surface area contributed by atoms with Gasteiger partial charge in [-0.25, -0.2) is 0 Å². The molecule has 0 spiro atoms. The van der Waals surface area contributed by atoms with E-state index in [-0.39, 0.29) is 5.41 Å². The molecule has 6 atom stereocenters. The monoisotopic (exact) mass is 549 g/mol. The van der Waals surface area contributed by atoms with Crippen LogP contribution in [0.3, 0.4) is 0 Å². The zero-order chi connectivity index (χ0) is 28.0. The molecule has 1 nitrogen and oxygen atoms in total. The molecule has 5 aliphatic rings. The number of anilines is 3. The van der Waals surface area contributed by atoms with Crippen LogP contribution in [-0.4, -0.2) is 0 Å². The van der Waals surface area contributed by atoms with Gasteiger partial charge < -0.3 is 4.90 Å². The zero-order valence-electron chi connectivity index (χ0n) is 25.2. The zero-order valence-corrected chi connectivity index (χ0v) is 25.2. The Hall–Kier alpha value is -3.32. The molecule has 0 amide bonds. The van der Waals surface area contributed by atoms with Crippen molar-refractivity contribution in [1.82, 2.24) is 0 Å². The normalized spacial score (nSPS) is 29.6. The summed E-state index contributed by atoms with van der Waals surface area (Å²) in [7, 11) is 0. The van der Waals surface area contributed by atoms with Gasteiger partial charge in [0, 0.05) is 22.5 Å². The summed E-state index contributed by atoms with van der Waals surface area (Å²) < 4.78 is 0. The van der Waals surface area contributed by atoms with Crippen LogP contribution in [0.4, 0.5) is 17.1 Å². The molecule has 0 radical (unpaired) electrons. The second kappa shape index (κ2) is 9.34. The highest BCUT2D eigenvalue weighted by molar-refractivity contribution is 5.86. The Morgan fingerprint density at radius 2 is 1.05 bits per heavy atom. The Bertz CT molecular complexity index is 1570. The van der Waals surface area contributed by atoms with Crippen molar-refractivity contribution in [2.24, 2.45) is 23.7 Å². The molecule has 42 heavy (non-hydrogen) atoms. The second-order valence-electron chi connectivity index (χ2n) is 15.0. The SMILES string of the molecule is CC1(C)c2ccccc2-c2cc(N(c3ccc(C4CC5CCC4C5)cc3)c3ccc(C4CC5CCC4C5)cc3)ccc21. The molecule has 4 aromatic rings. The Balaban J connectivity index is 1.11. The van der Waals surface area contributed by atoms with Crippen molar-refractivity contribution >= 4 is 17.1 Å². The lowest BCUT2D eigenvalue weighted by Crippen LogP contribution is -2.15. The summed E-state index contributed by atoms with van der Waals surface area (Å²) in [6.45, 7) is 4.75. The largest absolute Gasteiger partial charge is 0.310 e. The highest BCUT2D eigenvalue weighted by Gasteiger charge is 2.41. The number of hydrogen-bond acceptors (Lipinski definition) is 1. The first-order valence-electron chi connectivity index (χ1n) is 16.8. The number of benzene rings is 4. The molecule has 0 saturated heterocycles. The van der Waals surface area contributed by atoms with Gasteiger partial charge in [0.05, 0.1) is 0 Å². The van der Waals surface area contributed by atoms with Gasteiger partial charge in [0.25, 0.3) is 0 Å². The van der Waals surface area contributed by atoms with Gasteiger partial charge in [0.15, 0.2) is 0 Å². The maximum Gasteiger partial charge on any atom is 0.0468 e. The molecule has 4 fully saturated rings. The average molecular weight is 550 g/mol. The minimum absolute atomic E-state index is 0.0277. The first kappa shape index (κ1) is 25.2. The van der Waals surface area contributed by atoms with E-state index in [2.05, 4.69) is 110 Å². The van der Waals surface area contributed by atoms with Gasteiger partial charge in [0.2, 0.25) is 0 Å². The smallest absolute Gasteiger partial charge is 0.0468 e. The van der Waals surface area contributed by atoms with Crippen LogP contribution >= 0.6 is 0 Å². The molecule has 9 rings (SSSR count). The Labute approximate surface area is 252 Å². The predicted octanol–water partition coefficient (Wildman–Crippen LogP) is 11.3. The first-order valence-corrected chi connectivity index (χ1v) is 16.8. The van der Waals surface area contributed by atoms with Crippen LogP contribution in [0.2, 0.25) is 0 Å². The molecule has 212 valence electrons. The van der Waals surface area contributed by atoms with E-state index in [0.29, 0.717) is 0 Å². The van der Waals surface area contributed by atoms with Crippen LogP contribution in [0, 0.1) is 23.7 Å². The summed E-state index contributed by atoms with van der Waals surface area (Å²) in [6.07, 6.45) is 11.5. The molecule has 4 bridgehead atoms. The number of rotatable bonds is 5. The van der Waals surface area contributed by atoms with Crippen LogP contribution in [-0.2, 0) is 5.41 Å². The summed E-state index contributed by atoms with van der Waals surface area (Å²) in [5, 5.41) is 0. The van der Waals surface area contributed by atoms with Crippen LogP contribution < -0.4 is 4.90 Å². The molecular formula is C41H43N. The van der Waals surface area contributed by atoms with E-state index < -0.39 is 0 Å². The molecule has 4 saturated carbocycles. The van der Waals surface area contributed by atoms with Crippen LogP contribution in [0.1, 0.15) is 99.3 Å². The van der Waals surface area contributed by atoms with E-state index in [1.807, 2.05) is 0 Å². The Kier molecular flexibility index (Phi) is 5.60. The van der Waals surface area contributed by atoms with E-state index in [0.717, 1.165) is 35.5 Å². The minimum atomic E-state index is 0.0277. The third kappa shape index (κ3) is 3.81. The van der Waals surface area contributed by atoms with Crippen molar-refractivity contribution in [3.63, 3.8) is 0 Å². The fourth-order valence-corrected chi connectivity index (χ4v) is 10.3. The van der Waals surface area contributed by atoms with E-state index in [1.165, 1.54) is 90.7 Å².